The van der Waals surface area contributed by atoms with Crippen LogP contribution in [0.5, 0.6) is 5.75 Å². The number of fused-ring (bicyclic) bond motifs is 1. The summed E-state index contributed by atoms with van der Waals surface area (Å²) in [5, 5.41) is 20.4. The van der Waals surface area contributed by atoms with Crippen molar-refractivity contribution in [3.05, 3.63) is 83.9 Å². The molecule has 3 aromatic carbocycles. The van der Waals surface area contributed by atoms with E-state index in [4.69, 9.17) is 0 Å². The summed E-state index contributed by atoms with van der Waals surface area (Å²) in [6, 6.07) is 24.4. The van der Waals surface area contributed by atoms with Gasteiger partial charge in [-0.15, -0.1) is 15.0 Å². The lowest BCUT2D eigenvalue weighted by molar-refractivity contribution is 0.193. The van der Waals surface area contributed by atoms with Gasteiger partial charge in [0.1, 0.15) is 22.5 Å². The predicted octanol–water partition coefficient (Wildman–Crippen LogP) is 7.19. The van der Waals surface area contributed by atoms with Gasteiger partial charge in [0, 0.05) is 5.56 Å². The van der Waals surface area contributed by atoms with Crippen molar-refractivity contribution >= 4 is 11.0 Å². The largest absolute Gasteiger partial charge is 0.505 e. The molecule has 0 bridgehead atoms. The third-order valence-corrected chi connectivity index (χ3v) is 6.64. The first-order valence-electron chi connectivity index (χ1n) is 11.7. The van der Waals surface area contributed by atoms with Crippen LogP contribution in [0.3, 0.4) is 0 Å². The lowest BCUT2D eigenvalue weighted by Gasteiger charge is -2.41. The third-order valence-electron chi connectivity index (χ3n) is 6.64. The standard InChI is InChI=1S/C29H35N3O/c1-27(2,19-28(3,4)21-13-8-7-9-14-21)20-29(5,6)22-15-12-18-25(26(22)33)32-30-23-16-10-11-17-24(23)31-32/h7-18,33H,19-20H2,1-6H3. The van der Waals surface area contributed by atoms with Crippen LogP contribution in [0.15, 0.2) is 72.8 Å². The van der Waals surface area contributed by atoms with E-state index in [1.807, 2.05) is 42.5 Å². The highest BCUT2D eigenvalue weighted by molar-refractivity contribution is 5.73. The van der Waals surface area contributed by atoms with E-state index in [1.54, 1.807) is 4.80 Å². The fourth-order valence-corrected chi connectivity index (χ4v) is 5.75. The first kappa shape index (κ1) is 23.0. The molecule has 4 rings (SSSR count). The van der Waals surface area contributed by atoms with Crippen LogP contribution in [0.4, 0.5) is 0 Å². The Bertz CT molecular complexity index is 1220. The summed E-state index contributed by atoms with van der Waals surface area (Å²) in [7, 11) is 0. The molecule has 4 heteroatoms. The van der Waals surface area contributed by atoms with E-state index in [9.17, 15) is 5.11 Å². The maximum absolute atomic E-state index is 11.3. The number of rotatable bonds is 7. The van der Waals surface area contributed by atoms with Crippen LogP contribution in [-0.2, 0) is 10.8 Å². The summed E-state index contributed by atoms with van der Waals surface area (Å²) in [6.45, 7) is 13.8. The maximum Gasteiger partial charge on any atom is 0.146 e. The summed E-state index contributed by atoms with van der Waals surface area (Å²) >= 11 is 0. The zero-order valence-electron chi connectivity index (χ0n) is 20.6. The second-order valence-corrected chi connectivity index (χ2v) is 11.3. The number of phenolic OH excluding ortho intramolecular Hbond substituents is 1. The van der Waals surface area contributed by atoms with Crippen LogP contribution in [0.1, 0.15) is 65.5 Å². The molecule has 4 nitrogen and oxygen atoms in total. The van der Waals surface area contributed by atoms with Crippen molar-refractivity contribution in [2.75, 3.05) is 0 Å². The van der Waals surface area contributed by atoms with Gasteiger partial charge in [0.2, 0.25) is 0 Å². The Hall–Kier alpha value is -3.14. The van der Waals surface area contributed by atoms with Gasteiger partial charge in [-0.1, -0.05) is 96.1 Å². The molecule has 0 aliphatic heterocycles. The zero-order chi connectivity index (χ0) is 23.9. The van der Waals surface area contributed by atoms with Crippen molar-refractivity contribution in [1.82, 2.24) is 15.0 Å². The Morgan fingerprint density at radius 2 is 1.21 bits per heavy atom. The molecule has 0 fully saturated rings. The minimum atomic E-state index is -0.233. The molecule has 33 heavy (non-hydrogen) atoms. The molecule has 4 aromatic rings. The van der Waals surface area contributed by atoms with Crippen LogP contribution in [-0.4, -0.2) is 20.1 Å². The number of para-hydroxylation sites is 1. The van der Waals surface area contributed by atoms with Gasteiger partial charge in [0.05, 0.1) is 0 Å². The zero-order valence-corrected chi connectivity index (χ0v) is 20.6. The van der Waals surface area contributed by atoms with Crippen LogP contribution >= 0.6 is 0 Å². The molecule has 0 radical (unpaired) electrons. The van der Waals surface area contributed by atoms with Crippen molar-refractivity contribution < 1.29 is 5.11 Å². The smallest absolute Gasteiger partial charge is 0.146 e. The first-order chi connectivity index (χ1) is 15.5. The number of aromatic nitrogens is 3. The summed E-state index contributed by atoms with van der Waals surface area (Å²) in [5.41, 5.74) is 4.40. The topological polar surface area (TPSA) is 50.9 Å². The Balaban J connectivity index is 1.62. The predicted molar refractivity (Wildman–Crippen MR) is 136 cm³/mol. The van der Waals surface area contributed by atoms with Gasteiger partial charge < -0.3 is 5.11 Å². The van der Waals surface area contributed by atoms with Crippen LogP contribution in [0.25, 0.3) is 16.7 Å². The number of aromatic hydroxyl groups is 1. The molecule has 1 aromatic heterocycles. The van der Waals surface area contributed by atoms with Gasteiger partial charge in [-0.05, 0) is 52.8 Å². The van der Waals surface area contributed by atoms with Gasteiger partial charge in [-0.25, -0.2) is 0 Å². The van der Waals surface area contributed by atoms with E-state index in [0.29, 0.717) is 5.69 Å². The number of hydrogen-bond acceptors (Lipinski definition) is 3. The monoisotopic (exact) mass is 441 g/mol. The second kappa shape index (κ2) is 8.33. The van der Waals surface area contributed by atoms with Gasteiger partial charge in [-0.2, -0.15) is 0 Å². The molecule has 172 valence electrons. The summed E-state index contributed by atoms with van der Waals surface area (Å²) in [4.78, 5) is 1.54. The van der Waals surface area contributed by atoms with Crippen molar-refractivity contribution in [2.24, 2.45) is 5.41 Å². The number of phenols is 1. The average molecular weight is 442 g/mol. The highest BCUT2D eigenvalue weighted by Gasteiger charge is 2.37. The fourth-order valence-electron chi connectivity index (χ4n) is 5.75. The van der Waals surface area contributed by atoms with E-state index in [2.05, 4.69) is 82.1 Å². The molecule has 0 saturated heterocycles. The summed E-state index contributed by atoms with van der Waals surface area (Å²) in [6.07, 6.45) is 1.97. The van der Waals surface area contributed by atoms with E-state index < -0.39 is 0 Å². The summed E-state index contributed by atoms with van der Waals surface area (Å²) in [5.74, 6) is 0.251. The second-order valence-electron chi connectivity index (χ2n) is 11.3. The molecule has 0 saturated carbocycles. The molecule has 0 atom stereocenters. The molecule has 0 amide bonds. The Labute approximate surface area is 197 Å². The third kappa shape index (κ3) is 4.80. The molecular formula is C29H35N3O. The van der Waals surface area contributed by atoms with E-state index in [-0.39, 0.29) is 22.0 Å². The SMILES string of the molecule is CC(C)(CC(C)(C)c1ccccc1)CC(C)(C)c1cccc(-n2nc3ccccc3n2)c1O. The molecular weight excluding hydrogens is 406 g/mol. The Morgan fingerprint density at radius 1 is 0.667 bits per heavy atom. The van der Waals surface area contributed by atoms with Gasteiger partial charge in [0.25, 0.3) is 0 Å². The van der Waals surface area contributed by atoms with E-state index >= 15 is 0 Å². The number of nitrogens with zero attached hydrogens (tertiary/aromatic N) is 3. The van der Waals surface area contributed by atoms with Gasteiger partial charge >= 0.3 is 0 Å². The van der Waals surface area contributed by atoms with Crippen molar-refractivity contribution in [2.45, 2.75) is 65.2 Å². The molecule has 0 aliphatic carbocycles. The Morgan fingerprint density at radius 3 is 1.82 bits per heavy atom. The van der Waals surface area contributed by atoms with Crippen LogP contribution in [0.2, 0.25) is 0 Å². The minimum absolute atomic E-state index is 0.0593. The molecule has 0 aliphatic rings. The average Bonchev–Trinajstić information content (AvgIpc) is 3.16. The lowest BCUT2D eigenvalue weighted by Crippen LogP contribution is -2.32. The van der Waals surface area contributed by atoms with Crippen molar-refractivity contribution in [3.63, 3.8) is 0 Å². The highest BCUT2D eigenvalue weighted by atomic mass is 16.3. The minimum Gasteiger partial charge on any atom is -0.505 e. The first-order valence-corrected chi connectivity index (χ1v) is 11.7. The number of benzene rings is 3. The van der Waals surface area contributed by atoms with E-state index in [1.165, 1.54) is 5.56 Å². The molecule has 0 unspecified atom stereocenters. The summed E-state index contributed by atoms with van der Waals surface area (Å²) < 4.78 is 0. The van der Waals surface area contributed by atoms with Gasteiger partial charge in [0.15, 0.2) is 0 Å². The molecule has 0 spiro atoms. The Kier molecular flexibility index (Phi) is 5.81. The van der Waals surface area contributed by atoms with E-state index in [0.717, 1.165) is 29.4 Å². The maximum atomic E-state index is 11.3. The van der Waals surface area contributed by atoms with Crippen LogP contribution < -0.4 is 0 Å². The quantitative estimate of drug-likeness (QED) is 0.330. The number of hydrogen-bond donors (Lipinski definition) is 1. The normalized spacial score (nSPS) is 12.9. The van der Waals surface area contributed by atoms with Crippen molar-refractivity contribution in [3.8, 4) is 11.4 Å². The molecule has 1 N–H and O–H groups in total. The van der Waals surface area contributed by atoms with Gasteiger partial charge in [-0.3, -0.25) is 0 Å². The fraction of sp³-hybridized carbons (Fsp3) is 0.379. The van der Waals surface area contributed by atoms with Crippen molar-refractivity contribution in [1.29, 1.82) is 0 Å². The lowest BCUT2D eigenvalue weighted by atomic mass is 9.64. The van der Waals surface area contributed by atoms with Crippen LogP contribution in [0, 0.1) is 5.41 Å². The highest BCUT2D eigenvalue weighted by Crippen LogP contribution is 2.46. The molecule has 1 heterocycles.